The van der Waals surface area contributed by atoms with E-state index < -0.39 is 5.97 Å². The van der Waals surface area contributed by atoms with Gasteiger partial charge in [0, 0.05) is 17.5 Å². The van der Waals surface area contributed by atoms with Crippen molar-refractivity contribution in [3.8, 4) is 17.5 Å². The lowest BCUT2D eigenvalue weighted by molar-refractivity contribution is 0.0593. The number of thiophene rings is 1. The highest BCUT2D eigenvalue weighted by Crippen LogP contribution is 2.30. The summed E-state index contributed by atoms with van der Waals surface area (Å²) in [6, 6.07) is 13.3. The van der Waals surface area contributed by atoms with Gasteiger partial charge in [-0.15, -0.1) is 11.3 Å². The van der Waals surface area contributed by atoms with Crippen LogP contribution in [0.4, 0.5) is 5.69 Å². The van der Waals surface area contributed by atoms with Crippen molar-refractivity contribution in [1.82, 2.24) is 4.57 Å². The first kappa shape index (κ1) is 17.6. The summed E-state index contributed by atoms with van der Waals surface area (Å²) in [6.07, 6.45) is 2.30. The first-order valence-corrected chi connectivity index (χ1v) is 8.77. The largest absolute Gasteiger partial charge is 0.491 e. The highest BCUT2D eigenvalue weighted by atomic mass is 32.1. The number of benzene rings is 1. The van der Waals surface area contributed by atoms with Gasteiger partial charge in [0.25, 0.3) is 0 Å². The van der Waals surface area contributed by atoms with Crippen LogP contribution < -0.4 is 10.5 Å². The highest BCUT2D eigenvalue weighted by Gasteiger charge is 2.23. The second-order valence-electron chi connectivity index (χ2n) is 5.42. The molecule has 1 aromatic carbocycles. The Morgan fingerprint density at radius 3 is 2.81 bits per heavy atom. The molecule has 0 saturated heterocycles. The number of para-hydroxylation sites is 2. The van der Waals surface area contributed by atoms with Crippen LogP contribution in [0, 0.1) is 11.3 Å². The molecule has 0 spiro atoms. The minimum Gasteiger partial charge on any atom is -0.491 e. The molecule has 2 heterocycles. The van der Waals surface area contributed by atoms with Crippen LogP contribution in [0.2, 0.25) is 0 Å². The number of ether oxygens (including phenoxy) is 2. The number of carbonyl (C=O) groups excluding carboxylic acids is 1. The SMILES string of the molecule is COC(=O)c1c(N)c(C#N)cn1-c1ccccc1OCCc1cccs1. The smallest absolute Gasteiger partial charge is 0.357 e. The van der Waals surface area contributed by atoms with Crippen molar-refractivity contribution in [1.29, 1.82) is 5.26 Å². The Kier molecular flexibility index (Phi) is 5.25. The van der Waals surface area contributed by atoms with Gasteiger partial charge in [-0.05, 0) is 23.6 Å². The number of carbonyl (C=O) groups is 1. The highest BCUT2D eigenvalue weighted by molar-refractivity contribution is 7.09. The second kappa shape index (κ2) is 7.76. The van der Waals surface area contributed by atoms with E-state index in [9.17, 15) is 10.1 Å². The number of nitrogens with zero attached hydrogens (tertiary/aromatic N) is 2. The number of nitriles is 1. The van der Waals surface area contributed by atoms with E-state index in [1.165, 1.54) is 18.2 Å². The number of rotatable bonds is 6. The summed E-state index contributed by atoms with van der Waals surface area (Å²) in [4.78, 5) is 13.4. The summed E-state index contributed by atoms with van der Waals surface area (Å²) in [5.41, 5.74) is 6.98. The number of hydrogen-bond acceptors (Lipinski definition) is 6. The number of nitrogen functional groups attached to an aromatic ring is 1. The molecule has 0 aliphatic rings. The monoisotopic (exact) mass is 367 g/mol. The Morgan fingerprint density at radius 1 is 1.31 bits per heavy atom. The van der Waals surface area contributed by atoms with Gasteiger partial charge in [0.05, 0.1) is 30.7 Å². The lowest BCUT2D eigenvalue weighted by Gasteiger charge is -2.14. The Labute approximate surface area is 155 Å². The van der Waals surface area contributed by atoms with Gasteiger partial charge in [-0.3, -0.25) is 0 Å². The van der Waals surface area contributed by atoms with Gasteiger partial charge in [-0.25, -0.2) is 4.79 Å². The molecule has 0 aliphatic carbocycles. The van der Waals surface area contributed by atoms with Gasteiger partial charge in [0.15, 0.2) is 5.69 Å². The molecule has 0 atom stereocenters. The molecule has 3 rings (SSSR count). The van der Waals surface area contributed by atoms with Crippen LogP contribution in [-0.2, 0) is 11.2 Å². The van der Waals surface area contributed by atoms with E-state index in [4.69, 9.17) is 15.2 Å². The zero-order valence-corrected chi connectivity index (χ0v) is 15.0. The number of anilines is 1. The zero-order chi connectivity index (χ0) is 18.5. The lowest BCUT2D eigenvalue weighted by atomic mass is 10.2. The lowest BCUT2D eigenvalue weighted by Crippen LogP contribution is -2.12. The van der Waals surface area contributed by atoms with Crippen molar-refractivity contribution in [2.75, 3.05) is 19.5 Å². The molecule has 0 aliphatic heterocycles. The van der Waals surface area contributed by atoms with Gasteiger partial charge >= 0.3 is 5.97 Å². The van der Waals surface area contributed by atoms with Crippen LogP contribution >= 0.6 is 11.3 Å². The van der Waals surface area contributed by atoms with E-state index in [0.29, 0.717) is 18.0 Å². The average Bonchev–Trinajstić information content (AvgIpc) is 3.29. The van der Waals surface area contributed by atoms with E-state index in [1.54, 1.807) is 22.0 Å². The molecule has 3 aromatic rings. The molecule has 7 heteroatoms. The van der Waals surface area contributed by atoms with Crippen molar-refractivity contribution in [2.45, 2.75) is 6.42 Å². The van der Waals surface area contributed by atoms with Crippen LogP contribution in [-0.4, -0.2) is 24.3 Å². The predicted octanol–water partition coefficient (Wildman–Crippen LogP) is 3.40. The fraction of sp³-hybridized carbons (Fsp3) is 0.158. The Morgan fingerprint density at radius 2 is 2.12 bits per heavy atom. The molecule has 0 unspecified atom stereocenters. The van der Waals surface area contributed by atoms with Gasteiger partial charge in [-0.2, -0.15) is 5.26 Å². The summed E-state index contributed by atoms with van der Waals surface area (Å²) < 4.78 is 12.3. The predicted molar refractivity (Wildman–Crippen MR) is 99.8 cm³/mol. The third kappa shape index (κ3) is 3.41. The number of hydrogen-bond donors (Lipinski definition) is 1. The van der Waals surface area contributed by atoms with Crippen molar-refractivity contribution >= 4 is 23.0 Å². The fourth-order valence-electron chi connectivity index (χ4n) is 2.60. The molecule has 2 aromatic heterocycles. The van der Waals surface area contributed by atoms with E-state index in [1.807, 2.05) is 35.7 Å². The van der Waals surface area contributed by atoms with Crippen LogP contribution in [0.3, 0.4) is 0 Å². The maximum absolute atomic E-state index is 12.2. The van der Waals surface area contributed by atoms with Crippen molar-refractivity contribution in [3.05, 3.63) is 64.1 Å². The molecular weight excluding hydrogens is 350 g/mol. The van der Waals surface area contributed by atoms with Crippen LogP contribution in [0.25, 0.3) is 5.69 Å². The van der Waals surface area contributed by atoms with Crippen LogP contribution in [0.5, 0.6) is 5.75 Å². The van der Waals surface area contributed by atoms with Crippen LogP contribution in [0.1, 0.15) is 20.9 Å². The third-order valence-corrected chi connectivity index (χ3v) is 4.79. The second-order valence-corrected chi connectivity index (χ2v) is 6.46. The molecule has 0 fully saturated rings. The first-order valence-electron chi connectivity index (χ1n) is 7.89. The average molecular weight is 367 g/mol. The number of methoxy groups -OCH3 is 1. The maximum Gasteiger partial charge on any atom is 0.357 e. The summed E-state index contributed by atoms with van der Waals surface area (Å²) >= 11 is 1.68. The quantitative estimate of drug-likeness (QED) is 0.674. The molecule has 0 radical (unpaired) electrons. The topological polar surface area (TPSA) is 90.3 Å². The summed E-state index contributed by atoms with van der Waals surface area (Å²) in [7, 11) is 1.27. The van der Waals surface area contributed by atoms with Gasteiger partial charge in [0.2, 0.25) is 0 Å². The van der Waals surface area contributed by atoms with E-state index in [2.05, 4.69) is 6.07 Å². The maximum atomic E-state index is 12.2. The number of nitrogens with two attached hydrogens (primary N) is 1. The first-order chi connectivity index (χ1) is 12.7. The van der Waals surface area contributed by atoms with Crippen molar-refractivity contribution in [2.24, 2.45) is 0 Å². The van der Waals surface area contributed by atoms with Crippen molar-refractivity contribution in [3.63, 3.8) is 0 Å². The molecule has 0 saturated carbocycles. The van der Waals surface area contributed by atoms with Gasteiger partial charge in [-0.1, -0.05) is 18.2 Å². The molecule has 0 bridgehead atoms. The van der Waals surface area contributed by atoms with Gasteiger partial charge < -0.3 is 19.8 Å². The molecule has 6 nitrogen and oxygen atoms in total. The Hall–Kier alpha value is -3.24. The molecule has 132 valence electrons. The molecular formula is C19H17N3O3S. The van der Waals surface area contributed by atoms with Gasteiger partial charge in [0.1, 0.15) is 11.8 Å². The van der Waals surface area contributed by atoms with Crippen molar-refractivity contribution < 1.29 is 14.3 Å². The minimum atomic E-state index is -0.614. The molecule has 2 N–H and O–H groups in total. The Balaban J connectivity index is 1.95. The summed E-state index contributed by atoms with van der Waals surface area (Å²) in [5, 5.41) is 11.3. The summed E-state index contributed by atoms with van der Waals surface area (Å²) in [6.45, 7) is 0.493. The van der Waals surface area contributed by atoms with E-state index >= 15 is 0 Å². The Bertz CT molecular complexity index is 955. The molecule has 0 amide bonds. The normalized spacial score (nSPS) is 10.3. The molecule has 26 heavy (non-hydrogen) atoms. The van der Waals surface area contributed by atoms with E-state index in [0.717, 1.165) is 6.42 Å². The summed E-state index contributed by atoms with van der Waals surface area (Å²) in [5.74, 6) is -0.0221. The standard InChI is InChI=1S/C19H17N3O3S/c1-24-19(23)18-17(21)13(11-20)12-22(18)15-6-2-3-7-16(15)25-9-8-14-5-4-10-26-14/h2-7,10,12H,8-9,21H2,1H3. The van der Waals surface area contributed by atoms with E-state index in [-0.39, 0.29) is 16.9 Å². The zero-order valence-electron chi connectivity index (χ0n) is 14.1. The fourth-order valence-corrected chi connectivity index (χ4v) is 3.29. The minimum absolute atomic E-state index is 0.0905. The number of esters is 1. The van der Waals surface area contributed by atoms with Crippen LogP contribution in [0.15, 0.2) is 48.0 Å². The number of aromatic nitrogens is 1. The third-order valence-electron chi connectivity index (χ3n) is 3.85.